The summed E-state index contributed by atoms with van der Waals surface area (Å²) in [4.78, 5) is 0. The summed E-state index contributed by atoms with van der Waals surface area (Å²) in [7, 11) is 2.01. The zero-order valence-corrected chi connectivity index (χ0v) is 15.2. The predicted molar refractivity (Wildman–Crippen MR) is 104 cm³/mol. The Balaban J connectivity index is 0.000000521. The number of hydrogen-bond donors (Lipinski definition) is 2. The molecule has 5 heteroatoms. The molecule has 0 saturated carbocycles. The maximum Gasteiger partial charge on any atom is 0.0770 e. The molecule has 0 spiro atoms. The van der Waals surface area contributed by atoms with Crippen molar-refractivity contribution in [2.75, 3.05) is 13.6 Å². The van der Waals surface area contributed by atoms with Gasteiger partial charge in [0.25, 0.3) is 0 Å². The maximum atomic E-state index is 5.95. The molecule has 1 atom stereocenters. The molecule has 0 amide bonds. The van der Waals surface area contributed by atoms with Crippen LogP contribution in [0.25, 0.3) is 0 Å². The average molecular weight is 345 g/mol. The van der Waals surface area contributed by atoms with E-state index in [1.165, 1.54) is 5.56 Å². The summed E-state index contributed by atoms with van der Waals surface area (Å²) in [5.41, 5.74) is 7.95. The molecule has 0 radical (unpaired) electrons. The van der Waals surface area contributed by atoms with E-state index in [1.54, 1.807) is 0 Å². The number of benzene rings is 2. The van der Waals surface area contributed by atoms with E-state index in [0.717, 1.165) is 29.2 Å². The summed E-state index contributed by atoms with van der Waals surface area (Å²) in [5.74, 6) is 0.326. The maximum absolute atomic E-state index is 5.95. The average Bonchev–Trinajstić information content (AvgIpc) is 3.01. The van der Waals surface area contributed by atoms with E-state index >= 15 is 0 Å². The molecule has 3 N–H and O–H groups in total. The van der Waals surface area contributed by atoms with E-state index < -0.39 is 0 Å². The van der Waals surface area contributed by atoms with Crippen LogP contribution in [0, 0.1) is 5.41 Å². The second kappa shape index (κ2) is 10.4. The number of nitrogens with one attached hydrogen (secondary N) is 1. The van der Waals surface area contributed by atoms with Crippen molar-refractivity contribution < 1.29 is 0 Å². The normalized spacial score (nSPS) is 15.4. The summed E-state index contributed by atoms with van der Waals surface area (Å²) < 4.78 is 0. The molecule has 2 aromatic carbocycles. The van der Waals surface area contributed by atoms with Gasteiger partial charge in [-0.25, -0.2) is 0 Å². The van der Waals surface area contributed by atoms with E-state index in [2.05, 4.69) is 35.1 Å². The highest BCUT2D eigenvalue weighted by Gasteiger charge is 2.27. The Morgan fingerprint density at radius 3 is 2.21 bits per heavy atom. The largest absolute Gasteiger partial charge is 0.390 e. The second-order valence-corrected chi connectivity index (χ2v) is 5.40. The highest BCUT2D eigenvalue weighted by atomic mass is 35.5. The third-order valence-electron chi connectivity index (χ3n) is 3.40. The molecule has 1 heterocycles. The summed E-state index contributed by atoms with van der Waals surface area (Å²) >= 11 is 5.95. The molecule has 0 aromatic heterocycles. The number of halogens is 1. The molecule has 4 nitrogen and oxygen atoms in total. The SMILES string of the molecule is CC.CN1CC(c2ccccc2)C(c2ccc(Cl)cc2)=N1.N=CN. The van der Waals surface area contributed by atoms with Crippen molar-refractivity contribution in [1.29, 1.82) is 5.41 Å². The Morgan fingerprint density at radius 1 is 1.12 bits per heavy atom. The highest BCUT2D eigenvalue weighted by molar-refractivity contribution is 6.30. The minimum atomic E-state index is 0.326. The predicted octanol–water partition coefficient (Wildman–Crippen LogP) is 4.35. The number of rotatable bonds is 2. The van der Waals surface area contributed by atoms with Gasteiger partial charge in [-0.1, -0.05) is 67.9 Å². The first-order valence-corrected chi connectivity index (χ1v) is 8.34. The molecule has 1 aliphatic heterocycles. The van der Waals surface area contributed by atoms with Crippen LogP contribution in [0.4, 0.5) is 0 Å². The third kappa shape index (κ3) is 5.39. The third-order valence-corrected chi connectivity index (χ3v) is 3.65. The minimum Gasteiger partial charge on any atom is -0.390 e. The van der Waals surface area contributed by atoms with Gasteiger partial charge < -0.3 is 5.73 Å². The van der Waals surface area contributed by atoms with E-state index in [1.807, 2.05) is 56.2 Å². The van der Waals surface area contributed by atoms with Gasteiger partial charge in [-0.2, -0.15) is 5.10 Å². The van der Waals surface area contributed by atoms with Crippen molar-refractivity contribution in [1.82, 2.24) is 5.01 Å². The number of nitrogens with two attached hydrogens (primary N) is 1. The molecule has 0 bridgehead atoms. The lowest BCUT2D eigenvalue weighted by Crippen LogP contribution is -2.15. The first kappa shape index (κ1) is 19.7. The standard InChI is InChI=1S/C16H15ClN2.C2H6.CH4N2/c1-19-11-15(12-5-3-2-4-6-12)16(18-19)13-7-9-14(17)10-8-13;1-2;2-1-3/h2-10,15H,11H2,1H3;1-2H3;1H,(H3,2,3). The molecule has 3 rings (SSSR count). The fraction of sp³-hybridized carbons (Fsp3) is 0.263. The van der Waals surface area contributed by atoms with E-state index in [0.29, 0.717) is 5.92 Å². The lowest BCUT2D eigenvalue weighted by molar-refractivity contribution is 0.381. The van der Waals surface area contributed by atoms with E-state index in [-0.39, 0.29) is 0 Å². The Kier molecular flexibility index (Phi) is 8.58. The fourth-order valence-electron chi connectivity index (χ4n) is 2.47. The van der Waals surface area contributed by atoms with Crippen LogP contribution in [-0.4, -0.2) is 30.7 Å². The van der Waals surface area contributed by atoms with E-state index in [9.17, 15) is 0 Å². The van der Waals surface area contributed by atoms with Crippen LogP contribution < -0.4 is 5.73 Å². The van der Waals surface area contributed by atoms with Crippen LogP contribution in [-0.2, 0) is 0 Å². The van der Waals surface area contributed by atoms with Crippen molar-refractivity contribution in [2.24, 2.45) is 10.8 Å². The monoisotopic (exact) mass is 344 g/mol. The van der Waals surface area contributed by atoms with E-state index in [4.69, 9.17) is 17.0 Å². The van der Waals surface area contributed by atoms with Gasteiger partial charge in [0.1, 0.15) is 0 Å². The molecular formula is C19H25ClN4. The minimum absolute atomic E-state index is 0.326. The number of hydrogen-bond acceptors (Lipinski definition) is 3. The summed E-state index contributed by atoms with van der Waals surface area (Å²) in [6.07, 6.45) is 0.750. The Bertz CT molecular complexity index is 638. The van der Waals surface area contributed by atoms with Gasteiger partial charge >= 0.3 is 0 Å². The smallest absolute Gasteiger partial charge is 0.0770 e. The quantitative estimate of drug-likeness (QED) is 0.628. The summed E-state index contributed by atoms with van der Waals surface area (Å²) in [5, 5.41) is 13.3. The van der Waals surface area contributed by atoms with Gasteiger partial charge in [0.05, 0.1) is 12.1 Å². The first-order chi connectivity index (χ1) is 11.7. The highest BCUT2D eigenvalue weighted by Crippen LogP contribution is 2.28. The Hall–Kier alpha value is -2.33. The lowest BCUT2D eigenvalue weighted by atomic mass is 9.91. The molecule has 2 aromatic rings. The van der Waals surface area contributed by atoms with Gasteiger partial charge in [0.2, 0.25) is 0 Å². The molecule has 1 unspecified atom stereocenters. The van der Waals surface area contributed by atoms with Gasteiger partial charge in [0, 0.05) is 24.5 Å². The number of likely N-dealkylation sites (N-methyl/N-ethyl adjacent to an activating group) is 1. The van der Waals surface area contributed by atoms with Crippen LogP contribution in [0.3, 0.4) is 0 Å². The molecule has 0 aliphatic carbocycles. The van der Waals surface area contributed by atoms with Gasteiger partial charge in [-0.05, 0) is 23.3 Å². The number of hydrazone groups is 1. The van der Waals surface area contributed by atoms with Crippen molar-refractivity contribution in [2.45, 2.75) is 19.8 Å². The second-order valence-electron chi connectivity index (χ2n) is 4.96. The molecular weight excluding hydrogens is 320 g/mol. The summed E-state index contributed by atoms with van der Waals surface area (Å²) in [6.45, 7) is 4.92. The van der Waals surface area contributed by atoms with Crippen LogP contribution in [0.5, 0.6) is 0 Å². The van der Waals surface area contributed by atoms with Crippen molar-refractivity contribution in [3.63, 3.8) is 0 Å². The van der Waals surface area contributed by atoms with Gasteiger partial charge in [0.15, 0.2) is 0 Å². The number of nitrogens with zero attached hydrogens (tertiary/aromatic N) is 2. The Morgan fingerprint density at radius 2 is 1.67 bits per heavy atom. The van der Waals surface area contributed by atoms with Gasteiger partial charge in [-0.3, -0.25) is 10.4 Å². The van der Waals surface area contributed by atoms with Crippen LogP contribution >= 0.6 is 11.6 Å². The van der Waals surface area contributed by atoms with Crippen molar-refractivity contribution in [3.05, 3.63) is 70.7 Å². The molecule has 0 fully saturated rings. The molecule has 1 aliphatic rings. The van der Waals surface area contributed by atoms with Gasteiger partial charge in [-0.15, -0.1) is 0 Å². The summed E-state index contributed by atoms with van der Waals surface area (Å²) in [6, 6.07) is 18.4. The van der Waals surface area contributed by atoms with Crippen LogP contribution in [0.1, 0.15) is 30.9 Å². The zero-order valence-electron chi connectivity index (χ0n) is 14.4. The molecule has 128 valence electrons. The topological polar surface area (TPSA) is 65.5 Å². The first-order valence-electron chi connectivity index (χ1n) is 7.97. The van der Waals surface area contributed by atoms with Crippen LogP contribution in [0.2, 0.25) is 5.02 Å². The lowest BCUT2D eigenvalue weighted by Gasteiger charge is -2.13. The van der Waals surface area contributed by atoms with Crippen LogP contribution in [0.15, 0.2) is 59.7 Å². The Labute approximate surface area is 149 Å². The van der Waals surface area contributed by atoms with Crippen molar-refractivity contribution >= 4 is 23.7 Å². The zero-order chi connectivity index (χ0) is 17.9. The van der Waals surface area contributed by atoms with Crippen molar-refractivity contribution in [3.8, 4) is 0 Å². The molecule has 24 heavy (non-hydrogen) atoms. The fourth-order valence-corrected chi connectivity index (χ4v) is 2.60. The molecule has 0 saturated heterocycles.